The lowest BCUT2D eigenvalue weighted by Crippen LogP contribution is -2.50. The average Bonchev–Trinajstić information content (AvgIpc) is 3.59. The number of halogens is 4. The number of alkyl halides is 3. The van der Waals surface area contributed by atoms with Gasteiger partial charge in [-0.25, -0.2) is 0 Å². The van der Waals surface area contributed by atoms with Crippen molar-refractivity contribution in [1.29, 1.82) is 0 Å². The van der Waals surface area contributed by atoms with Crippen molar-refractivity contribution in [1.82, 2.24) is 19.6 Å². The lowest BCUT2D eigenvalue weighted by atomic mass is 10.1. The molecule has 2 atom stereocenters. The fourth-order valence-electron chi connectivity index (χ4n) is 5.44. The Hall–Kier alpha value is -2.86. The maximum atomic E-state index is 13.5. The Labute approximate surface area is 231 Å². The number of imide groups is 1. The Balaban J connectivity index is 1.18. The summed E-state index contributed by atoms with van der Waals surface area (Å²) < 4.78 is 48.0. The van der Waals surface area contributed by atoms with E-state index in [-0.39, 0.29) is 40.9 Å². The maximum absolute atomic E-state index is 13.5. The molecule has 0 spiro atoms. The number of thioether (sulfide) groups is 1. The molecule has 3 aliphatic heterocycles. The predicted octanol–water partition coefficient (Wildman–Crippen LogP) is 5.66. The highest BCUT2D eigenvalue weighted by Gasteiger charge is 2.39. The van der Waals surface area contributed by atoms with Crippen LogP contribution in [0.15, 0.2) is 47.5 Å². The second-order valence-electron chi connectivity index (χ2n) is 9.96. The second kappa shape index (κ2) is 10.3. The molecule has 3 fully saturated rings. The van der Waals surface area contributed by atoms with Crippen molar-refractivity contribution in [2.24, 2.45) is 0 Å². The van der Waals surface area contributed by atoms with Crippen LogP contribution in [-0.4, -0.2) is 69.1 Å². The van der Waals surface area contributed by atoms with Crippen LogP contribution in [0.2, 0.25) is 5.02 Å². The first-order valence-corrected chi connectivity index (χ1v) is 13.8. The lowest BCUT2D eigenvalue weighted by molar-refractivity contribution is -0.138. The highest BCUT2D eigenvalue weighted by Crippen LogP contribution is 2.36. The number of rotatable bonds is 5. The molecule has 12 heteroatoms. The van der Waals surface area contributed by atoms with E-state index in [0.717, 1.165) is 37.2 Å². The molecule has 3 saturated heterocycles. The first-order valence-electron chi connectivity index (χ1n) is 12.6. The van der Waals surface area contributed by atoms with Crippen molar-refractivity contribution in [2.45, 2.75) is 37.7 Å². The van der Waals surface area contributed by atoms with Gasteiger partial charge in [-0.05, 0) is 72.6 Å². The molecule has 6 rings (SSSR count). The summed E-state index contributed by atoms with van der Waals surface area (Å²) in [6.45, 7) is 2.50. The molecule has 204 valence electrons. The van der Waals surface area contributed by atoms with Gasteiger partial charge in [0, 0.05) is 23.0 Å². The third-order valence-corrected chi connectivity index (χ3v) is 8.52. The van der Waals surface area contributed by atoms with Crippen molar-refractivity contribution < 1.29 is 27.5 Å². The highest BCUT2D eigenvalue weighted by molar-refractivity contribution is 8.18. The molecule has 0 unspecified atom stereocenters. The van der Waals surface area contributed by atoms with E-state index < -0.39 is 11.7 Å². The molecule has 0 saturated carbocycles. The summed E-state index contributed by atoms with van der Waals surface area (Å²) in [5.74, 6) is -0.352. The van der Waals surface area contributed by atoms with Gasteiger partial charge >= 0.3 is 6.18 Å². The maximum Gasteiger partial charge on any atom is 0.416 e. The van der Waals surface area contributed by atoms with E-state index in [2.05, 4.69) is 10.00 Å². The van der Waals surface area contributed by atoms with Gasteiger partial charge < -0.3 is 4.74 Å². The summed E-state index contributed by atoms with van der Waals surface area (Å²) in [7, 11) is 0. The van der Waals surface area contributed by atoms with Crippen LogP contribution >= 0.6 is 23.4 Å². The minimum atomic E-state index is -4.54. The summed E-state index contributed by atoms with van der Waals surface area (Å²) >= 11 is 6.69. The fourth-order valence-corrected chi connectivity index (χ4v) is 6.46. The smallest absolute Gasteiger partial charge is 0.373 e. The Morgan fingerprint density at radius 1 is 1.18 bits per heavy atom. The zero-order valence-electron chi connectivity index (χ0n) is 20.7. The van der Waals surface area contributed by atoms with Gasteiger partial charge in [0.1, 0.15) is 0 Å². The van der Waals surface area contributed by atoms with Crippen LogP contribution in [0.1, 0.15) is 29.5 Å². The summed E-state index contributed by atoms with van der Waals surface area (Å²) in [6.07, 6.45) is 0.737. The van der Waals surface area contributed by atoms with Crippen molar-refractivity contribution in [3.63, 3.8) is 0 Å². The average molecular weight is 577 g/mol. The number of carbonyl (C=O) groups is 2. The largest absolute Gasteiger partial charge is 0.416 e. The number of carbonyl (C=O) groups excluding carboxylic acids is 2. The van der Waals surface area contributed by atoms with E-state index in [1.807, 2.05) is 0 Å². The number of aromatic nitrogens is 2. The van der Waals surface area contributed by atoms with Crippen LogP contribution in [-0.2, 0) is 22.3 Å². The number of morpholine rings is 1. The third kappa shape index (κ3) is 5.32. The van der Waals surface area contributed by atoms with Gasteiger partial charge in [0.2, 0.25) is 0 Å². The van der Waals surface area contributed by atoms with Gasteiger partial charge in [0.05, 0.1) is 48.0 Å². The van der Waals surface area contributed by atoms with Gasteiger partial charge in [-0.2, -0.15) is 18.3 Å². The van der Waals surface area contributed by atoms with Crippen molar-refractivity contribution in [3.05, 3.63) is 69.2 Å². The molecule has 4 heterocycles. The van der Waals surface area contributed by atoms with E-state index in [0.29, 0.717) is 40.6 Å². The van der Waals surface area contributed by atoms with Crippen LogP contribution in [0.3, 0.4) is 0 Å². The van der Waals surface area contributed by atoms with Crippen molar-refractivity contribution in [2.75, 3.05) is 26.2 Å². The van der Waals surface area contributed by atoms with Crippen molar-refractivity contribution in [3.8, 4) is 0 Å². The highest BCUT2D eigenvalue weighted by atomic mass is 35.5. The van der Waals surface area contributed by atoms with E-state index in [1.165, 1.54) is 21.7 Å². The molecule has 39 heavy (non-hydrogen) atoms. The fraction of sp³-hybridized carbons (Fsp3) is 0.370. The summed E-state index contributed by atoms with van der Waals surface area (Å²) in [4.78, 5) is 29.6. The predicted molar refractivity (Wildman–Crippen MR) is 142 cm³/mol. The van der Waals surface area contributed by atoms with Gasteiger partial charge in [-0.3, -0.25) is 24.1 Å². The Bertz CT molecular complexity index is 1490. The number of hydrogen-bond acceptors (Lipinski definition) is 6. The van der Waals surface area contributed by atoms with Crippen LogP contribution in [0, 0.1) is 0 Å². The molecule has 0 radical (unpaired) electrons. The summed E-state index contributed by atoms with van der Waals surface area (Å²) in [5.41, 5.74) is 0.573. The first kappa shape index (κ1) is 26.4. The molecule has 3 aliphatic rings. The molecule has 2 amide bonds. The molecule has 7 nitrogen and oxygen atoms in total. The molecule has 0 bridgehead atoms. The molecule has 0 aliphatic carbocycles. The molecule has 0 N–H and O–H groups in total. The van der Waals surface area contributed by atoms with E-state index in [1.54, 1.807) is 30.5 Å². The Kier molecular flexibility index (Phi) is 6.95. The van der Waals surface area contributed by atoms with Gasteiger partial charge in [-0.1, -0.05) is 23.7 Å². The number of benzene rings is 2. The molecule has 3 aromatic rings. The van der Waals surface area contributed by atoms with Gasteiger partial charge in [-0.15, -0.1) is 0 Å². The standard InChI is InChI=1S/C27H24ClF3N4O3S/c28-19-5-4-17(22(10-19)27(29,30)31)12-35-23-6-3-16(8-18(23)11-32-35)9-24-25(36)34(26(37)39-24)14-21-13-33-7-1-2-20(33)15-38-21/h3-6,8-11,20-21H,1-2,7,12-15H2/t20-,21+/m0/s1. The first-order chi connectivity index (χ1) is 18.7. The van der Waals surface area contributed by atoms with Gasteiger partial charge in [0.25, 0.3) is 11.1 Å². The van der Waals surface area contributed by atoms with E-state index >= 15 is 0 Å². The molecule has 1 aromatic heterocycles. The molecular weight excluding hydrogens is 553 g/mol. The quantitative estimate of drug-likeness (QED) is 0.365. The van der Waals surface area contributed by atoms with Crippen LogP contribution < -0.4 is 0 Å². The minimum absolute atomic E-state index is 0.0111. The Morgan fingerprint density at radius 2 is 2.03 bits per heavy atom. The SMILES string of the molecule is O=C1SC(=Cc2ccc3c(cnn3Cc3ccc(Cl)cc3C(F)(F)F)c2)C(=O)N1C[C@H]1CN2CCC[C@H]2CO1. The van der Waals surface area contributed by atoms with E-state index in [4.69, 9.17) is 16.3 Å². The summed E-state index contributed by atoms with van der Waals surface area (Å²) in [6, 6.07) is 9.40. The van der Waals surface area contributed by atoms with Crippen LogP contribution in [0.5, 0.6) is 0 Å². The van der Waals surface area contributed by atoms with Crippen LogP contribution in [0.4, 0.5) is 18.0 Å². The zero-order chi connectivity index (χ0) is 27.3. The van der Waals surface area contributed by atoms with Crippen molar-refractivity contribution >= 4 is 51.5 Å². The lowest BCUT2D eigenvalue weighted by Gasteiger charge is -2.36. The summed E-state index contributed by atoms with van der Waals surface area (Å²) in [5, 5.41) is 4.66. The third-order valence-electron chi connectivity index (χ3n) is 7.38. The normalized spacial score (nSPS) is 23.4. The van der Waals surface area contributed by atoms with E-state index in [9.17, 15) is 22.8 Å². The van der Waals surface area contributed by atoms with Crippen LogP contribution in [0.25, 0.3) is 17.0 Å². The number of ether oxygens (including phenoxy) is 1. The minimum Gasteiger partial charge on any atom is -0.373 e. The number of fused-ring (bicyclic) bond motifs is 2. The van der Waals surface area contributed by atoms with Gasteiger partial charge in [0.15, 0.2) is 0 Å². The second-order valence-corrected chi connectivity index (χ2v) is 11.4. The number of nitrogens with zero attached hydrogens (tertiary/aromatic N) is 4. The zero-order valence-corrected chi connectivity index (χ0v) is 22.2. The topological polar surface area (TPSA) is 67.7 Å². The molecular formula is C27H24ClF3N4O3S. The number of hydrogen-bond donors (Lipinski definition) is 0. The molecule has 2 aromatic carbocycles. The monoisotopic (exact) mass is 576 g/mol. The number of amides is 2. The Morgan fingerprint density at radius 3 is 2.85 bits per heavy atom.